The summed E-state index contributed by atoms with van der Waals surface area (Å²) in [6, 6.07) is 1.90. The van der Waals surface area contributed by atoms with Crippen LogP contribution in [0.5, 0.6) is 0 Å². The number of nitrogens with zero attached hydrogens (tertiary/aromatic N) is 3. The number of anilines is 1. The smallest absolute Gasteiger partial charge is 0.137 e. The second kappa shape index (κ2) is 3.92. The summed E-state index contributed by atoms with van der Waals surface area (Å²) in [4.78, 5) is 12.4. The molecule has 2 aromatic heterocycles. The third-order valence-electron chi connectivity index (χ3n) is 3.36. The number of rotatable bonds is 4. The fourth-order valence-corrected chi connectivity index (χ4v) is 1.89. The van der Waals surface area contributed by atoms with E-state index in [0.29, 0.717) is 0 Å². The van der Waals surface area contributed by atoms with E-state index >= 15 is 0 Å². The van der Waals surface area contributed by atoms with Crippen molar-refractivity contribution in [3.8, 4) is 0 Å². The van der Waals surface area contributed by atoms with Gasteiger partial charge in [-0.3, -0.25) is 4.98 Å². The molecule has 1 saturated carbocycles. The number of nitrogens with one attached hydrogen (secondary N) is 1. The minimum atomic E-state index is 0.0737. The molecule has 0 amide bonds. The number of fused-ring (bicyclic) bond motifs is 1. The zero-order chi connectivity index (χ0) is 11.7. The van der Waals surface area contributed by atoms with Gasteiger partial charge in [0.2, 0.25) is 0 Å². The van der Waals surface area contributed by atoms with Crippen LogP contribution in [0.15, 0.2) is 24.8 Å². The van der Waals surface area contributed by atoms with Crippen LogP contribution in [0.3, 0.4) is 0 Å². The highest BCUT2D eigenvalue weighted by atomic mass is 16.3. The van der Waals surface area contributed by atoms with E-state index in [1.165, 1.54) is 6.33 Å². The summed E-state index contributed by atoms with van der Waals surface area (Å²) in [6.45, 7) is 1.00. The van der Waals surface area contributed by atoms with E-state index < -0.39 is 0 Å². The van der Waals surface area contributed by atoms with Crippen molar-refractivity contribution in [3.05, 3.63) is 24.8 Å². The molecule has 5 nitrogen and oxygen atoms in total. The van der Waals surface area contributed by atoms with Crippen molar-refractivity contribution >= 4 is 16.7 Å². The first-order chi connectivity index (χ1) is 8.33. The maximum absolute atomic E-state index is 9.27. The van der Waals surface area contributed by atoms with E-state index in [0.717, 1.165) is 36.1 Å². The molecule has 1 aliphatic rings. The van der Waals surface area contributed by atoms with Crippen LogP contribution in [0.2, 0.25) is 0 Å². The highest BCUT2D eigenvalue weighted by Gasteiger charge is 2.41. The summed E-state index contributed by atoms with van der Waals surface area (Å²) >= 11 is 0. The van der Waals surface area contributed by atoms with Crippen molar-refractivity contribution in [1.82, 2.24) is 15.0 Å². The minimum Gasteiger partial charge on any atom is -0.396 e. The summed E-state index contributed by atoms with van der Waals surface area (Å²) in [5.74, 6) is 0.817. The van der Waals surface area contributed by atoms with Gasteiger partial charge in [0, 0.05) is 23.5 Å². The van der Waals surface area contributed by atoms with Gasteiger partial charge >= 0.3 is 0 Å². The molecule has 2 heterocycles. The molecule has 2 N–H and O–H groups in total. The van der Waals surface area contributed by atoms with Crippen LogP contribution in [-0.2, 0) is 0 Å². The van der Waals surface area contributed by atoms with E-state index in [4.69, 9.17) is 0 Å². The molecule has 1 aliphatic carbocycles. The van der Waals surface area contributed by atoms with Crippen molar-refractivity contribution in [3.63, 3.8) is 0 Å². The van der Waals surface area contributed by atoms with Gasteiger partial charge in [-0.05, 0) is 18.9 Å². The monoisotopic (exact) mass is 230 g/mol. The largest absolute Gasteiger partial charge is 0.396 e. The third-order valence-corrected chi connectivity index (χ3v) is 3.36. The van der Waals surface area contributed by atoms with Gasteiger partial charge in [-0.2, -0.15) is 0 Å². The Morgan fingerprint density at radius 1 is 1.35 bits per heavy atom. The SMILES string of the molecule is OCC1(CNc2ncnc3cnccc23)CC1. The number of aliphatic hydroxyl groups excluding tert-OH is 1. The van der Waals surface area contributed by atoms with Gasteiger partial charge in [0.25, 0.3) is 0 Å². The second-order valence-electron chi connectivity index (χ2n) is 4.63. The second-order valence-corrected chi connectivity index (χ2v) is 4.63. The zero-order valence-electron chi connectivity index (χ0n) is 9.43. The molecule has 3 rings (SSSR count). The molecule has 0 saturated heterocycles. The van der Waals surface area contributed by atoms with E-state index in [-0.39, 0.29) is 12.0 Å². The van der Waals surface area contributed by atoms with Crippen LogP contribution in [0.25, 0.3) is 10.9 Å². The molecule has 0 bridgehead atoms. The molecule has 0 aromatic carbocycles. The minimum absolute atomic E-state index is 0.0737. The zero-order valence-corrected chi connectivity index (χ0v) is 9.43. The van der Waals surface area contributed by atoms with Crippen molar-refractivity contribution in [2.45, 2.75) is 12.8 Å². The first-order valence-corrected chi connectivity index (χ1v) is 5.72. The first kappa shape index (κ1) is 10.4. The van der Waals surface area contributed by atoms with Crippen molar-refractivity contribution in [2.75, 3.05) is 18.5 Å². The quantitative estimate of drug-likeness (QED) is 0.826. The van der Waals surface area contributed by atoms with E-state index in [2.05, 4.69) is 20.3 Å². The molecule has 5 heteroatoms. The van der Waals surface area contributed by atoms with Gasteiger partial charge < -0.3 is 10.4 Å². The third kappa shape index (κ3) is 1.93. The Hall–Kier alpha value is -1.75. The molecule has 0 atom stereocenters. The highest BCUT2D eigenvalue weighted by molar-refractivity contribution is 5.87. The summed E-state index contributed by atoms with van der Waals surface area (Å²) in [7, 11) is 0. The van der Waals surface area contributed by atoms with Crippen molar-refractivity contribution in [2.24, 2.45) is 5.41 Å². The molecule has 17 heavy (non-hydrogen) atoms. The van der Waals surface area contributed by atoms with Gasteiger partial charge in [-0.25, -0.2) is 9.97 Å². The van der Waals surface area contributed by atoms with E-state index in [1.807, 2.05) is 6.07 Å². The molecule has 2 aromatic rings. The maximum atomic E-state index is 9.27. The van der Waals surface area contributed by atoms with Crippen LogP contribution in [0.1, 0.15) is 12.8 Å². The van der Waals surface area contributed by atoms with Crippen LogP contribution in [-0.4, -0.2) is 33.2 Å². The van der Waals surface area contributed by atoms with Gasteiger partial charge in [-0.15, -0.1) is 0 Å². The topological polar surface area (TPSA) is 70.9 Å². The molecule has 0 spiro atoms. The summed E-state index contributed by atoms with van der Waals surface area (Å²) < 4.78 is 0. The number of hydrogen-bond acceptors (Lipinski definition) is 5. The highest BCUT2D eigenvalue weighted by Crippen LogP contribution is 2.45. The van der Waals surface area contributed by atoms with E-state index in [1.54, 1.807) is 12.4 Å². The average Bonchev–Trinajstić information content (AvgIpc) is 3.17. The van der Waals surface area contributed by atoms with Crippen LogP contribution < -0.4 is 5.32 Å². The molecular weight excluding hydrogens is 216 g/mol. The summed E-state index contributed by atoms with van der Waals surface area (Å²) in [6.07, 6.45) is 7.16. The lowest BCUT2D eigenvalue weighted by atomic mass is 10.1. The lowest BCUT2D eigenvalue weighted by Gasteiger charge is -2.14. The number of aliphatic hydroxyl groups is 1. The molecule has 0 unspecified atom stereocenters. The number of aromatic nitrogens is 3. The average molecular weight is 230 g/mol. The number of hydrogen-bond donors (Lipinski definition) is 2. The van der Waals surface area contributed by atoms with Crippen molar-refractivity contribution in [1.29, 1.82) is 0 Å². The fraction of sp³-hybridized carbons (Fsp3) is 0.417. The van der Waals surface area contributed by atoms with Crippen LogP contribution in [0, 0.1) is 5.41 Å². The van der Waals surface area contributed by atoms with Crippen LogP contribution >= 0.6 is 0 Å². The Bertz CT molecular complexity index is 534. The summed E-state index contributed by atoms with van der Waals surface area (Å²) in [5.41, 5.74) is 0.906. The first-order valence-electron chi connectivity index (χ1n) is 5.72. The predicted molar refractivity (Wildman–Crippen MR) is 64.6 cm³/mol. The summed E-state index contributed by atoms with van der Waals surface area (Å²) in [5, 5.41) is 13.5. The molecule has 1 fully saturated rings. The standard InChI is InChI=1S/C12H14N4O/c17-7-12(2-3-12)6-14-11-9-1-4-13-5-10(9)15-8-16-11/h1,4-5,8,17H,2-3,6-7H2,(H,14,15,16). The lowest BCUT2D eigenvalue weighted by Crippen LogP contribution is -2.19. The van der Waals surface area contributed by atoms with Crippen LogP contribution in [0.4, 0.5) is 5.82 Å². The van der Waals surface area contributed by atoms with Gasteiger partial charge in [0.1, 0.15) is 12.1 Å². The Morgan fingerprint density at radius 2 is 2.24 bits per heavy atom. The predicted octanol–water partition coefficient (Wildman–Crippen LogP) is 1.21. The Morgan fingerprint density at radius 3 is 3.00 bits per heavy atom. The van der Waals surface area contributed by atoms with Gasteiger partial charge in [-0.1, -0.05) is 0 Å². The lowest BCUT2D eigenvalue weighted by molar-refractivity contribution is 0.219. The van der Waals surface area contributed by atoms with Gasteiger partial charge in [0.05, 0.1) is 18.3 Å². The Kier molecular flexibility index (Phi) is 2.40. The van der Waals surface area contributed by atoms with Crippen molar-refractivity contribution < 1.29 is 5.11 Å². The molecule has 0 radical (unpaired) electrons. The normalized spacial score (nSPS) is 17.0. The Labute approximate surface area is 98.9 Å². The maximum Gasteiger partial charge on any atom is 0.137 e. The molecule has 88 valence electrons. The molecular formula is C12H14N4O. The fourth-order valence-electron chi connectivity index (χ4n) is 1.89. The molecule has 0 aliphatic heterocycles. The van der Waals surface area contributed by atoms with E-state index in [9.17, 15) is 5.11 Å². The Balaban J connectivity index is 1.85. The van der Waals surface area contributed by atoms with Gasteiger partial charge in [0.15, 0.2) is 0 Å². The number of pyridine rings is 1.